The number of nitrogens with zero attached hydrogens (tertiary/aromatic N) is 4. The summed E-state index contributed by atoms with van der Waals surface area (Å²) in [5, 5.41) is 11.5. The minimum Gasteiger partial charge on any atom is -0.368 e. The summed E-state index contributed by atoms with van der Waals surface area (Å²) in [5.74, 6) is 1.63. The molecule has 2 aromatic heterocycles. The number of piperazine rings is 1. The van der Waals surface area contributed by atoms with Crippen molar-refractivity contribution >= 4 is 18.1 Å². The quantitative estimate of drug-likeness (QED) is 0.892. The molecule has 0 spiro atoms. The standard InChI is InChI=1S/C13H18N6.ClH/c1-2-12-16-13(18-17-12)11-4-3-10(9-15-11)19-7-5-14-6-8-19;/h3-4,9,14H,2,5-8H2,1H3,(H,16,17,18);1H. The van der Waals surface area contributed by atoms with Gasteiger partial charge in [-0.15, -0.1) is 22.6 Å². The van der Waals surface area contributed by atoms with Crippen molar-refractivity contribution in [1.29, 1.82) is 0 Å². The molecule has 20 heavy (non-hydrogen) atoms. The largest absolute Gasteiger partial charge is 0.368 e. The van der Waals surface area contributed by atoms with Crippen LogP contribution in [0, 0.1) is 0 Å². The number of nitrogens with one attached hydrogen (secondary N) is 2. The van der Waals surface area contributed by atoms with E-state index in [1.165, 1.54) is 5.69 Å². The molecule has 3 rings (SSSR count). The molecule has 0 bridgehead atoms. The van der Waals surface area contributed by atoms with Gasteiger partial charge >= 0.3 is 0 Å². The van der Waals surface area contributed by atoms with E-state index in [9.17, 15) is 0 Å². The SMILES string of the molecule is CCc1nnc(-c2ccc(N3CCNCC3)cn2)[nH]1.Cl. The summed E-state index contributed by atoms with van der Waals surface area (Å²) in [7, 11) is 0. The van der Waals surface area contributed by atoms with Crippen LogP contribution in [0.3, 0.4) is 0 Å². The minimum absolute atomic E-state index is 0. The Labute approximate surface area is 124 Å². The maximum atomic E-state index is 4.48. The first-order chi connectivity index (χ1) is 9.36. The Morgan fingerprint density at radius 3 is 2.60 bits per heavy atom. The Morgan fingerprint density at radius 2 is 2.00 bits per heavy atom. The highest BCUT2D eigenvalue weighted by atomic mass is 35.5. The van der Waals surface area contributed by atoms with E-state index in [1.54, 1.807) is 0 Å². The van der Waals surface area contributed by atoms with E-state index in [4.69, 9.17) is 0 Å². The molecule has 0 unspecified atom stereocenters. The van der Waals surface area contributed by atoms with Crippen LogP contribution in [-0.4, -0.2) is 46.3 Å². The number of halogens is 1. The molecule has 108 valence electrons. The van der Waals surface area contributed by atoms with Gasteiger partial charge < -0.3 is 15.2 Å². The third-order valence-corrected chi connectivity index (χ3v) is 3.34. The second kappa shape index (κ2) is 6.67. The van der Waals surface area contributed by atoms with Gasteiger partial charge in [0.1, 0.15) is 11.5 Å². The molecule has 6 nitrogen and oxygen atoms in total. The molecule has 3 heterocycles. The van der Waals surface area contributed by atoms with Crippen molar-refractivity contribution in [2.24, 2.45) is 0 Å². The van der Waals surface area contributed by atoms with Gasteiger partial charge in [-0.1, -0.05) is 6.92 Å². The summed E-state index contributed by atoms with van der Waals surface area (Å²) in [4.78, 5) is 9.98. The van der Waals surface area contributed by atoms with E-state index in [0.717, 1.165) is 49.9 Å². The molecule has 1 aliphatic rings. The molecule has 0 radical (unpaired) electrons. The monoisotopic (exact) mass is 294 g/mol. The fraction of sp³-hybridized carbons (Fsp3) is 0.462. The molecule has 0 atom stereocenters. The van der Waals surface area contributed by atoms with Crippen molar-refractivity contribution in [2.45, 2.75) is 13.3 Å². The summed E-state index contributed by atoms with van der Waals surface area (Å²) < 4.78 is 0. The van der Waals surface area contributed by atoms with Crippen LogP contribution in [0.15, 0.2) is 18.3 Å². The van der Waals surface area contributed by atoms with Gasteiger partial charge in [0.2, 0.25) is 0 Å². The Kier molecular flexibility index (Phi) is 4.92. The van der Waals surface area contributed by atoms with E-state index in [2.05, 4.69) is 36.4 Å². The van der Waals surface area contributed by atoms with Gasteiger partial charge in [0.15, 0.2) is 5.82 Å². The highest BCUT2D eigenvalue weighted by Crippen LogP contribution is 2.18. The lowest BCUT2D eigenvalue weighted by atomic mass is 10.2. The lowest BCUT2D eigenvalue weighted by molar-refractivity contribution is 0.589. The minimum atomic E-state index is 0. The summed E-state index contributed by atoms with van der Waals surface area (Å²) in [5.41, 5.74) is 2.01. The van der Waals surface area contributed by atoms with Crippen LogP contribution in [0.25, 0.3) is 11.5 Å². The predicted octanol–water partition coefficient (Wildman–Crippen LogP) is 1.26. The summed E-state index contributed by atoms with van der Waals surface area (Å²) >= 11 is 0. The Bertz CT molecular complexity index is 532. The van der Waals surface area contributed by atoms with Crippen molar-refractivity contribution in [3.05, 3.63) is 24.2 Å². The van der Waals surface area contributed by atoms with Crippen LogP contribution >= 0.6 is 12.4 Å². The summed E-state index contributed by atoms with van der Waals surface area (Å²) in [6, 6.07) is 4.10. The van der Waals surface area contributed by atoms with E-state index in [0.29, 0.717) is 0 Å². The summed E-state index contributed by atoms with van der Waals surface area (Å²) in [6.07, 6.45) is 2.76. The molecule has 1 fully saturated rings. The number of anilines is 1. The first-order valence-electron chi connectivity index (χ1n) is 6.70. The van der Waals surface area contributed by atoms with Gasteiger partial charge in [0.05, 0.1) is 11.9 Å². The van der Waals surface area contributed by atoms with E-state index >= 15 is 0 Å². The molecular formula is C13H19ClN6. The summed E-state index contributed by atoms with van der Waals surface area (Å²) in [6.45, 7) is 6.17. The van der Waals surface area contributed by atoms with Gasteiger partial charge in [0.25, 0.3) is 0 Å². The zero-order chi connectivity index (χ0) is 13.1. The van der Waals surface area contributed by atoms with Crippen molar-refractivity contribution in [1.82, 2.24) is 25.5 Å². The molecule has 1 aliphatic heterocycles. The van der Waals surface area contributed by atoms with E-state index in [1.807, 2.05) is 19.2 Å². The van der Waals surface area contributed by atoms with Crippen LogP contribution in [0.1, 0.15) is 12.7 Å². The van der Waals surface area contributed by atoms with Gasteiger partial charge in [-0.2, -0.15) is 0 Å². The maximum Gasteiger partial charge on any atom is 0.179 e. The fourth-order valence-corrected chi connectivity index (χ4v) is 2.21. The van der Waals surface area contributed by atoms with Crippen molar-refractivity contribution in [3.63, 3.8) is 0 Å². The average Bonchev–Trinajstić information content (AvgIpc) is 2.97. The molecule has 0 saturated carbocycles. The third-order valence-electron chi connectivity index (χ3n) is 3.34. The normalized spacial score (nSPS) is 14.9. The second-order valence-corrected chi connectivity index (χ2v) is 4.61. The first-order valence-corrected chi connectivity index (χ1v) is 6.70. The third kappa shape index (κ3) is 3.08. The zero-order valence-electron chi connectivity index (χ0n) is 11.5. The molecule has 1 saturated heterocycles. The Hall–Kier alpha value is -1.66. The van der Waals surface area contributed by atoms with Crippen molar-refractivity contribution in [2.75, 3.05) is 31.1 Å². The average molecular weight is 295 g/mol. The molecule has 7 heteroatoms. The lowest BCUT2D eigenvalue weighted by Crippen LogP contribution is -2.43. The smallest absolute Gasteiger partial charge is 0.179 e. The molecular weight excluding hydrogens is 276 g/mol. The van der Waals surface area contributed by atoms with Gasteiger partial charge in [0, 0.05) is 32.6 Å². The number of aromatic amines is 1. The van der Waals surface area contributed by atoms with E-state index in [-0.39, 0.29) is 12.4 Å². The number of hydrogen-bond acceptors (Lipinski definition) is 5. The number of aromatic nitrogens is 4. The van der Waals surface area contributed by atoms with Crippen molar-refractivity contribution in [3.8, 4) is 11.5 Å². The highest BCUT2D eigenvalue weighted by molar-refractivity contribution is 5.85. The molecule has 0 aliphatic carbocycles. The maximum absolute atomic E-state index is 4.48. The van der Waals surface area contributed by atoms with E-state index < -0.39 is 0 Å². The van der Waals surface area contributed by atoms with Gasteiger partial charge in [-0.25, -0.2) is 0 Å². The van der Waals surface area contributed by atoms with Crippen LogP contribution in [0.4, 0.5) is 5.69 Å². The topological polar surface area (TPSA) is 69.7 Å². The van der Waals surface area contributed by atoms with Crippen LogP contribution in [0.5, 0.6) is 0 Å². The Morgan fingerprint density at radius 1 is 1.20 bits per heavy atom. The van der Waals surface area contributed by atoms with Gasteiger partial charge in [-0.3, -0.25) is 4.98 Å². The zero-order valence-corrected chi connectivity index (χ0v) is 12.3. The molecule has 0 aromatic carbocycles. The lowest BCUT2D eigenvalue weighted by Gasteiger charge is -2.29. The molecule has 2 N–H and O–H groups in total. The van der Waals surface area contributed by atoms with Crippen molar-refractivity contribution < 1.29 is 0 Å². The van der Waals surface area contributed by atoms with Gasteiger partial charge in [-0.05, 0) is 12.1 Å². The predicted molar refractivity (Wildman–Crippen MR) is 81.3 cm³/mol. The number of pyridine rings is 1. The van der Waals surface area contributed by atoms with Crippen LogP contribution in [0.2, 0.25) is 0 Å². The second-order valence-electron chi connectivity index (χ2n) is 4.61. The van der Waals surface area contributed by atoms with Crippen LogP contribution < -0.4 is 10.2 Å². The fourth-order valence-electron chi connectivity index (χ4n) is 2.21. The van der Waals surface area contributed by atoms with Crippen LogP contribution in [-0.2, 0) is 6.42 Å². The first kappa shape index (κ1) is 14.7. The number of aryl methyl sites for hydroxylation is 1. The number of H-pyrrole nitrogens is 1. The number of hydrogen-bond donors (Lipinski definition) is 2. The number of rotatable bonds is 3. The molecule has 0 amide bonds. The highest BCUT2D eigenvalue weighted by Gasteiger charge is 2.11. The molecule has 2 aromatic rings. The Balaban J connectivity index is 0.00000147.